The zero-order valence-corrected chi connectivity index (χ0v) is 19.7. The number of hydrogen-bond donors (Lipinski definition) is 0. The summed E-state index contributed by atoms with van der Waals surface area (Å²) in [7, 11) is 1.52. The summed E-state index contributed by atoms with van der Waals surface area (Å²) < 4.78 is 49.4. The molecular weight excluding hydrogens is 421 g/mol. The molecule has 1 aromatic rings. The Morgan fingerprint density at radius 1 is 0.879 bits per heavy atom. The van der Waals surface area contributed by atoms with Crippen LogP contribution in [0.2, 0.25) is 0 Å². The van der Waals surface area contributed by atoms with Crippen LogP contribution in [0.1, 0.15) is 57.4 Å². The van der Waals surface area contributed by atoms with E-state index in [0.29, 0.717) is 42.9 Å². The van der Waals surface area contributed by atoms with Crippen molar-refractivity contribution in [1.82, 2.24) is 0 Å². The van der Waals surface area contributed by atoms with Crippen LogP contribution < -0.4 is 4.74 Å². The van der Waals surface area contributed by atoms with E-state index in [1.54, 1.807) is 12.1 Å². The van der Waals surface area contributed by atoms with Crippen molar-refractivity contribution in [3.8, 4) is 5.75 Å². The first-order chi connectivity index (χ1) is 16.0. The molecule has 4 rings (SSSR count). The summed E-state index contributed by atoms with van der Waals surface area (Å²) in [5, 5.41) is 0. The molecule has 0 aromatic heterocycles. The average molecular weight is 457 g/mol. The van der Waals surface area contributed by atoms with Crippen molar-refractivity contribution in [2.75, 3.05) is 7.11 Å². The first kappa shape index (κ1) is 23.9. The molecule has 0 saturated heterocycles. The number of halogens is 3. The second-order valence-corrected chi connectivity index (χ2v) is 9.78. The lowest BCUT2D eigenvalue weighted by molar-refractivity contribution is 0.215. The highest BCUT2D eigenvalue weighted by Crippen LogP contribution is 2.46. The molecule has 0 radical (unpaired) electrons. The van der Waals surface area contributed by atoms with E-state index in [0.717, 1.165) is 31.3 Å². The van der Waals surface area contributed by atoms with E-state index < -0.39 is 11.7 Å². The van der Waals surface area contributed by atoms with E-state index in [1.165, 1.54) is 13.2 Å². The van der Waals surface area contributed by atoms with E-state index in [2.05, 4.69) is 25.2 Å². The maximum atomic E-state index is 15.1. The second kappa shape index (κ2) is 10.8. The van der Waals surface area contributed by atoms with Gasteiger partial charge in [-0.15, -0.1) is 0 Å². The third-order valence-corrected chi connectivity index (χ3v) is 7.88. The van der Waals surface area contributed by atoms with Gasteiger partial charge in [-0.25, -0.2) is 13.2 Å². The van der Waals surface area contributed by atoms with Gasteiger partial charge in [-0.3, -0.25) is 0 Å². The first-order valence-corrected chi connectivity index (χ1v) is 12.4. The summed E-state index contributed by atoms with van der Waals surface area (Å²) in [4.78, 5) is 0. The fourth-order valence-corrected chi connectivity index (χ4v) is 5.65. The van der Waals surface area contributed by atoms with Gasteiger partial charge in [0.2, 0.25) is 0 Å². The Bertz CT molecular complexity index is 958. The molecule has 4 heteroatoms. The normalized spacial score (nSPS) is 29.8. The van der Waals surface area contributed by atoms with Gasteiger partial charge < -0.3 is 4.74 Å². The van der Waals surface area contributed by atoms with Crippen molar-refractivity contribution < 1.29 is 17.9 Å². The van der Waals surface area contributed by atoms with Crippen molar-refractivity contribution >= 4 is 0 Å². The van der Waals surface area contributed by atoms with Gasteiger partial charge in [0.05, 0.1) is 7.11 Å². The maximum Gasteiger partial charge on any atom is 0.135 e. The van der Waals surface area contributed by atoms with Crippen molar-refractivity contribution in [3.63, 3.8) is 0 Å². The molecule has 0 heterocycles. The average Bonchev–Trinajstić information content (AvgIpc) is 2.85. The Morgan fingerprint density at radius 2 is 1.64 bits per heavy atom. The maximum absolute atomic E-state index is 15.1. The molecule has 1 aromatic carbocycles. The van der Waals surface area contributed by atoms with Crippen LogP contribution >= 0.6 is 0 Å². The highest BCUT2D eigenvalue weighted by atomic mass is 19.2. The van der Waals surface area contributed by atoms with Crippen molar-refractivity contribution in [1.29, 1.82) is 0 Å². The molecule has 3 aliphatic rings. The Morgan fingerprint density at radius 3 is 2.21 bits per heavy atom. The number of methoxy groups -OCH3 is 1. The molecule has 3 aliphatic carbocycles. The molecule has 5 atom stereocenters. The number of allylic oxidation sites excluding steroid dienone is 8. The summed E-state index contributed by atoms with van der Waals surface area (Å²) in [6, 6.07) is 4.93. The molecule has 0 fully saturated rings. The predicted molar refractivity (Wildman–Crippen MR) is 128 cm³/mol. The van der Waals surface area contributed by atoms with Gasteiger partial charge in [0.15, 0.2) is 0 Å². The van der Waals surface area contributed by atoms with E-state index in [9.17, 15) is 4.39 Å². The number of hydrogen-bond acceptors (Lipinski definition) is 1. The van der Waals surface area contributed by atoms with Gasteiger partial charge in [-0.05, 0) is 80.8 Å². The lowest BCUT2D eigenvalue weighted by Crippen LogP contribution is -2.27. The third-order valence-electron chi connectivity index (χ3n) is 7.88. The summed E-state index contributed by atoms with van der Waals surface area (Å²) >= 11 is 0. The van der Waals surface area contributed by atoms with Crippen LogP contribution in [0.3, 0.4) is 0 Å². The fourth-order valence-electron chi connectivity index (χ4n) is 5.65. The molecule has 5 unspecified atom stereocenters. The predicted octanol–water partition coefficient (Wildman–Crippen LogP) is 8.44. The standard InChI is InChI=1S/C29H35F3O/c1-3-19-4-9-21(10-5-19)25-16-17-26(29(32)28(25)31)22-11-6-20(7-12-22)8-13-23-14-15-24(33-2)18-27(23)30/h4,6-7,9,11,14-15,18-19,21-22,25-26H,3,5,8,10,12-13,16-17H2,1-2H3. The minimum atomic E-state index is -0.524. The summed E-state index contributed by atoms with van der Waals surface area (Å²) in [5.41, 5.74) is 1.78. The fraction of sp³-hybridized carbons (Fsp3) is 0.517. The topological polar surface area (TPSA) is 9.23 Å². The smallest absolute Gasteiger partial charge is 0.135 e. The summed E-state index contributed by atoms with van der Waals surface area (Å²) in [6.07, 6.45) is 17.1. The summed E-state index contributed by atoms with van der Waals surface area (Å²) in [6.45, 7) is 2.18. The number of ether oxygens (including phenoxy) is 1. The molecule has 0 amide bonds. The quantitative estimate of drug-likeness (QED) is 0.374. The molecule has 0 bridgehead atoms. The first-order valence-electron chi connectivity index (χ1n) is 12.4. The molecule has 0 N–H and O–H groups in total. The molecule has 0 spiro atoms. The SMILES string of the molecule is CCC1C=CC(C2CCC(C3C=CC(CCc4ccc(OC)cc4F)=CC3)C(F)=C2F)CC1. The largest absolute Gasteiger partial charge is 0.497 e. The monoisotopic (exact) mass is 456 g/mol. The van der Waals surface area contributed by atoms with Crippen LogP contribution in [0.25, 0.3) is 0 Å². The van der Waals surface area contributed by atoms with Crippen LogP contribution in [0, 0.1) is 35.4 Å². The van der Waals surface area contributed by atoms with E-state index in [-0.39, 0.29) is 29.5 Å². The van der Waals surface area contributed by atoms with Crippen molar-refractivity contribution in [2.45, 2.75) is 58.3 Å². The van der Waals surface area contributed by atoms with Crippen molar-refractivity contribution in [2.24, 2.45) is 29.6 Å². The summed E-state index contributed by atoms with van der Waals surface area (Å²) in [5.74, 6) is -0.737. The zero-order valence-electron chi connectivity index (χ0n) is 19.7. The van der Waals surface area contributed by atoms with Crippen LogP contribution in [0.5, 0.6) is 5.75 Å². The van der Waals surface area contributed by atoms with Crippen LogP contribution in [0.4, 0.5) is 13.2 Å². The number of benzene rings is 1. The van der Waals surface area contributed by atoms with E-state index >= 15 is 8.78 Å². The Balaban J connectivity index is 1.34. The van der Waals surface area contributed by atoms with Gasteiger partial charge >= 0.3 is 0 Å². The van der Waals surface area contributed by atoms with E-state index in [1.807, 2.05) is 12.2 Å². The highest BCUT2D eigenvalue weighted by Gasteiger charge is 2.38. The molecule has 33 heavy (non-hydrogen) atoms. The Hall–Kier alpha value is -2.23. The Labute approximate surface area is 196 Å². The van der Waals surface area contributed by atoms with Gasteiger partial charge in [0.25, 0.3) is 0 Å². The van der Waals surface area contributed by atoms with Crippen molar-refractivity contribution in [3.05, 3.63) is 77.2 Å². The second-order valence-electron chi connectivity index (χ2n) is 9.78. The third kappa shape index (κ3) is 5.47. The highest BCUT2D eigenvalue weighted by molar-refractivity contribution is 5.32. The molecule has 178 valence electrons. The number of rotatable bonds is 7. The van der Waals surface area contributed by atoms with Gasteiger partial charge in [-0.1, -0.05) is 48.9 Å². The molecule has 1 nitrogen and oxygen atoms in total. The zero-order chi connectivity index (χ0) is 23.4. The van der Waals surface area contributed by atoms with Crippen LogP contribution in [0.15, 0.2) is 65.8 Å². The lowest BCUT2D eigenvalue weighted by Gasteiger charge is -2.35. The molecule has 0 aliphatic heterocycles. The van der Waals surface area contributed by atoms with E-state index in [4.69, 9.17) is 4.74 Å². The van der Waals surface area contributed by atoms with Crippen LogP contribution in [-0.4, -0.2) is 7.11 Å². The van der Waals surface area contributed by atoms with Gasteiger partial charge in [-0.2, -0.15) is 0 Å². The van der Waals surface area contributed by atoms with Gasteiger partial charge in [0.1, 0.15) is 23.2 Å². The minimum absolute atomic E-state index is 0.00968. The molecular formula is C29H35F3O. The number of aryl methyl sites for hydroxylation is 1. The Kier molecular flexibility index (Phi) is 7.82. The minimum Gasteiger partial charge on any atom is -0.497 e. The van der Waals surface area contributed by atoms with Crippen LogP contribution in [-0.2, 0) is 6.42 Å². The molecule has 0 saturated carbocycles. The van der Waals surface area contributed by atoms with Gasteiger partial charge in [0, 0.05) is 17.9 Å². The lowest BCUT2D eigenvalue weighted by atomic mass is 9.71.